The Morgan fingerprint density at radius 2 is 2.13 bits per heavy atom. The van der Waals surface area contributed by atoms with Crippen molar-refractivity contribution in [3.8, 4) is 0 Å². The van der Waals surface area contributed by atoms with Gasteiger partial charge in [0.2, 0.25) is 0 Å². The first-order valence-corrected chi connectivity index (χ1v) is 4.84. The average molecular weight is 215 g/mol. The lowest BCUT2D eigenvalue weighted by Crippen LogP contribution is -2.10. The number of ether oxygens (including phenoxy) is 1. The molecule has 1 rings (SSSR count). The number of nitrogens with zero attached hydrogens (tertiary/aromatic N) is 1. The number of halogens is 2. The molecule has 1 unspecified atom stereocenters. The molecule has 4 heteroatoms. The summed E-state index contributed by atoms with van der Waals surface area (Å²) in [7, 11) is 0. The van der Waals surface area contributed by atoms with E-state index in [1.807, 2.05) is 26.8 Å². The highest BCUT2D eigenvalue weighted by atomic mass is 19.3. The van der Waals surface area contributed by atoms with E-state index in [4.69, 9.17) is 4.74 Å². The number of alkyl halides is 2. The van der Waals surface area contributed by atoms with Crippen LogP contribution in [0.4, 0.5) is 8.78 Å². The highest BCUT2D eigenvalue weighted by molar-refractivity contribution is 5.94. The van der Waals surface area contributed by atoms with E-state index >= 15 is 0 Å². The van der Waals surface area contributed by atoms with Gasteiger partial charge in [0.15, 0.2) is 0 Å². The van der Waals surface area contributed by atoms with Crippen molar-refractivity contribution in [1.29, 1.82) is 0 Å². The van der Waals surface area contributed by atoms with Gasteiger partial charge in [-0.1, -0.05) is 12.5 Å². The molecule has 0 radical (unpaired) electrons. The van der Waals surface area contributed by atoms with Gasteiger partial charge in [0.05, 0.1) is 6.20 Å². The van der Waals surface area contributed by atoms with Crippen LogP contribution in [0.5, 0.6) is 0 Å². The third-order valence-corrected chi connectivity index (χ3v) is 2.32. The summed E-state index contributed by atoms with van der Waals surface area (Å²) >= 11 is 0. The molecular formula is C11H15F2NO. The predicted octanol–water partition coefficient (Wildman–Crippen LogP) is 3.17. The minimum Gasteiger partial charge on any atom is -0.490 e. The highest BCUT2D eigenvalue weighted by Crippen LogP contribution is 2.23. The SMILES string of the molecule is CC1=CC(C)=NC=C(OCC(F)F)C1C. The molecular weight excluding hydrogens is 200 g/mol. The standard InChI is InChI=1S/C11H15F2NO/c1-7-4-8(2)14-5-10(9(7)3)15-6-11(12)13/h4-5,9,11H,6H2,1-3H3. The summed E-state index contributed by atoms with van der Waals surface area (Å²) in [6.07, 6.45) is 1.01. The maximum absolute atomic E-state index is 12.0. The Balaban J connectivity index is 2.75. The van der Waals surface area contributed by atoms with Crippen molar-refractivity contribution in [2.45, 2.75) is 27.2 Å². The fourth-order valence-corrected chi connectivity index (χ4v) is 1.31. The molecule has 0 aromatic rings. The van der Waals surface area contributed by atoms with Crippen LogP contribution in [0, 0.1) is 5.92 Å². The predicted molar refractivity (Wildman–Crippen MR) is 56.1 cm³/mol. The maximum atomic E-state index is 12.0. The van der Waals surface area contributed by atoms with E-state index in [1.165, 1.54) is 6.20 Å². The Morgan fingerprint density at radius 3 is 2.73 bits per heavy atom. The molecule has 2 nitrogen and oxygen atoms in total. The topological polar surface area (TPSA) is 21.6 Å². The number of hydrogen-bond acceptors (Lipinski definition) is 2. The van der Waals surface area contributed by atoms with Gasteiger partial charge in [0, 0.05) is 11.6 Å². The Labute approximate surface area is 88.3 Å². The summed E-state index contributed by atoms with van der Waals surface area (Å²) in [6, 6.07) is 0. The van der Waals surface area contributed by atoms with E-state index in [2.05, 4.69) is 4.99 Å². The molecule has 0 aromatic carbocycles. The molecule has 1 heterocycles. The second-order valence-corrected chi connectivity index (χ2v) is 3.61. The molecule has 0 aromatic heterocycles. The smallest absolute Gasteiger partial charge is 0.272 e. The molecule has 0 fully saturated rings. The van der Waals surface area contributed by atoms with Crippen molar-refractivity contribution in [3.63, 3.8) is 0 Å². The lowest BCUT2D eigenvalue weighted by molar-refractivity contribution is 0.0420. The molecule has 1 atom stereocenters. The van der Waals surface area contributed by atoms with Crippen LogP contribution in [0.1, 0.15) is 20.8 Å². The quantitative estimate of drug-likeness (QED) is 0.708. The fourth-order valence-electron chi connectivity index (χ4n) is 1.31. The van der Waals surface area contributed by atoms with E-state index in [-0.39, 0.29) is 5.92 Å². The van der Waals surface area contributed by atoms with Crippen LogP contribution in [-0.2, 0) is 4.74 Å². The highest BCUT2D eigenvalue weighted by Gasteiger charge is 2.16. The first kappa shape index (κ1) is 11.9. The minimum atomic E-state index is -2.45. The van der Waals surface area contributed by atoms with Crippen LogP contribution >= 0.6 is 0 Å². The van der Waals surface area contributed by atoms with Crippen LogP contribution in [0.3, 0.4) is 0 Å². The van der Waals surface area contributed by atoms with Crippen LogP contribution in [-0.4, -0.2) is 18.7 Å². The zero-order valence-corrected chi connectivity index (χ0v) is 9.13. The molecule has 84 valence electrons. The lowest BCUT2D eigenvalue weighted by Gasteiger charge is -2.15. The van der Waals surface area contributed by atoms with Crippen molar-refractivity contribution in [2.75, 3.05) is 6.61 Å². The first-order chi connectivity index (χ1) is 7.00. The zero-order chi connectivity index (χ0) is 11.4. The molecule has 0 saturated heterocycles. The van der Waals surface area contributed by atoms with Gasteiger partial charge < -0.3 is 4.74 Å². The van der Waals surface area contributed by atoms with Gasteiger partial charge in [-0.15, -0.1) is 0 Å². The molecule has 1 aliphatic rings. The minimum absolute atomic E-state index is 0.00458. The number of hydrogen-bond donors (Lipinski definition) is 0. The van der Waals surface area contributed by atoms with E-state index in [1.54, 1.807) is 0 Å². The summed E-state index contributed by atoms with van der Waals surface area (Å²) in [4.78, 5) is 4.09. The van der Waals surface area contributed by atoms with Gasteiger partial charge in [-0.25, -0.2) is 8.78 Å². The number of allylic oxidation sites excluding steroid dienone is 2. The van der Waals surface area contributed by atoms with Gasteiger partial charge in [-0.05, 0) is 19.9 Å². The molecule has 15 heavy (non-hydrogen) atoms. The Bertz CT molecular complexity index is 319. The molecule has 1 aliphatic heterocycles. The molecule has 0 aliphatic carbocycles. The normalized spacial score (nSPS) is 21.7. The third kappa shape index (κ3) is 3.46. The van der Waals surface area contributed by atoms with Crippen molar-refractivity contribution >= 4 is 5.71 Å². The lowest BCUT2D eigenvalue weighted by atomic mass is 10.0. The van der Waals surface area contributed by atoms with Gasteiger partial charge in [0.25, 0.3) is 6.43 Å². The van der Waals surface area contributed by atoms with Gasteiger partial charge in [0.1, 0.15) is 12.4 Å². The van der Waals surface area contributed by atoms with Crippen molar-refractivity contribution in [3.05, 3.63) is 23.6 Å². The molecule has 0 amide bonds. The molecule has 0 N–H and O–H groups in total. The van der Waals surface area contributed by atoms with Crippen molar-refractivity contribution in [1.82, 2.24) is 0 Å². The zero-order valence-electron chi connectivity index (χ0n) is 9.13. The summed E-state index contributed by atoms with van der Waals surface area (Å²) in [5, 5.41) is 0. The molecule has 0 bridgehead atoms. The summed E-state index contributed by atoms with van der Waals surface area (Å²) in [5.41, 5.74) is 1.92. The number of aliphatic imine (C=N–C) groups is 1. The van der Waals surface area contributed by atoms with Gasteiger partial charge >= 0.3 is 0 Å². The van der Waals surface area contributed by atoms with Crippen molar-refractivity contribution < 1.29 is 13.5 Å². The van der Waals surface area contributed by atoms with E-state index < -0.39 is 13.0 Å². The monoisotopic (exact) mass is 215 g/mol. The summed E-state index contributed by atoms with van der Waals surface area (Å²) in [5.74, 6) is 0.505. The molecule has 0 saturated carbocycles. The second kappa shape index (κ2) is 5.05. The first-order valence-electron chi connectivity index (χ1n) is 4.84. The maximum Gasteiger partial charge on any atom is 0.272 e. The number of rotatable bonds is 3. The Morgan fingerprint density at radius 1 is 1.47 bits per heavy atom. The summed E-state index contributed by atoms with van der Waals surface area (Å²) in [6.45, 7) is 5.15. The van der Waals surface area contributed by atoms with E-state index in [0.29, 0.717) is 5.76 Å². The second-order valence-electron chi connectivity index (χ2n) is 3.61. The van der Waals surface area contributed by atoms with Crippen LogP contribution in [0.25, 0.3) is 0 Å². The fraction of sp³-hybridized carbons (Fsp3) is 0.545. The molecule has 0 spiro atoms. The third-order valence-electron chi connectivity index (χ3n) is 2.32. The van der Waals surface area contributed by atoms with E-state index in [0.717, 1.165) is 11.3 Å². The van der Waals surface area contributed by atoms with Gasteiger partial charge in [-0.2, -0.15) is 0 Å². The van der Waals surface area contributed by atoms with Crippen LogP contribution < -0.4 is 0 Å². The van der Waals surface area contributed by atoms with Gasteiger partial charge in [-0.3, -0.25) is 4.99 Å². The van der Waals surface area contributed by atoms with Crippen molar-refractivity contribution in [2.24, 2.45) is 10.9 Å². The van der Waals surface area contributed by atoms with Crippen LogP contribution in [0.2, 0.25) is 0 Å². The Kier molecular flexibility index (Phi) is 4.00. The van der Waals surface area contributed by atoms with E-state index in [9.17, 15) is 8.78 Å². The summed E-state index contributed by atoms with van der Waals surface area (Å²) < 4.78 is 29.0. The average Bonchev–Trinajstić information content (AvgIpc) is 2.26. The largest absolute Gasteiger partial charge is 0.490 e. The van der Waals surface area contributed by atoms with Crippen LogP contribution in [0.15, 0.2) is 28.6 Å². The Hall–Kier alpha value is -1.19.